The van der Waals surface area contributed by atoms with E-state index < -0.39 is 0 Å². The maximum Gasteiger partial charge on any atom is 0.262 e. The van der Waals surface area contributed by atoms with E-state index in [1.807, 2.05) is 12.1 Å². The summed E-state index contributed by atoms with van der Waals surface area (Å²) in [6.07, 6.45) is 6.66. The number of anilines is 3. The second-order valence-corrected chi connectivity index (χ2v) is 8.28. The molecule has 2 aromatic rings. The average Bonchev–Trinajstić information content (AvgIpc) is 2.80. The average molecular weight is 413 g/mol. The molecule has 7 nitrogen and oxygen atoms in total. The van der Waals surface area contributed by atoms with Crippen molar-refractivity contribution in [1.82, 2.24) is 9.97 Å². The van der Waals surface area contributed by atoms with Gasteiger partial charge in [0.1, 0.15) is 0 Å². The molecule has 1 N–H and O–H groups in total. The van der Waals surface area contributed by atoms with Crippen LogP contribution in [0.15, 0.2) is 30.5 Å². The van der Waals surface area contributed by atoms with Gasteiger partial charge in [0.15, 0.2) is 5.75 Å². The van der Waals surface area contributed by atoms with Crippen molar-refractivity contribution in [3.63, 3.8) is 0 Å². The van der Waals surface area contributed by atoms with E-state index in [1.54, 1.807) is 13.3 Å². The lowest BCUT2D eigenvalue weighted by atomic mass is 9.83. The van der Waals surface area contributed by atoms with Crippen molar-refractivity contribution in [2.45, 2.75) is 32.6 Å². The molecule has 1 aromatic carbocycles. The zero-order valence-electron chi connectivity index (χ0n) is 18.0. The highest BCUT2D eigenvalue weighted by molar-refractivity contribution is 5.60. The Kier molecular flexibility index (Phi) is 6.89. The molecule has 2 aliphatic rings. The number of aromatic nitrogens is 2. The molecule has 1 aromatic heterocycles. The Morgan fingerprint density at radius 3 is 2.53 bits per heavy atom. The van der Waals surface area contributed by atoms with Crippen molar-refractivity contribution in [1.29, 1.82) is 0 Å². The predicted octanol–water partition coefficient (Wildman–Crippen LogP) is 4.27. The Bertz CT molecular complexity index is 801. The van der Waals surface area contributed by atoms with Gasteiger partial charge in [-0.25, -0.2) is 4.98 Å². The number of hydrogen-bond acceptors (Lipinski definition) is 7. The molecule has 0 spiro atoms. The van der Waals surface area contributed by atoms with Crippen LogP contribution < -0.4 is 19.7 Å². The zero-order chi connectivity index (χ0) is 20.8. The maximum atomic E-state index is 6.04. The summed E-state index contributed by atoms with van der Waals surface area (Å²) in [5, 5.41) is 3.27. The molecule has 0 atom stereocenters. The van der Waals surface area contributed by atoms with Crippen molar-refractivity contribution < 1.29 is 14.2 Å². The lowest BCUT2D eigenvalue weighted by molar-refractivity contribution is 0.122. The fraction of sp³-hybridized carbons (Fsp3) is 0.565. The molecule has 0 amide bonds. The molecule has 4 rings (SSSR count). The minimum absolute atomic E-state index is 0.499. The fourth-order valence-electron chi connectivity index (χ4n) is 4.06. The lowest BCUT2D eigenvalue weighted by Gasteiger charge is -2.28. The van der Waals surface area contributed by atoms with Crippen molar-refractivity contribution in [2.75, 3.05) is 50.2 Å². The van der Waals surface area contributed by atoms with E-state index in [4.69, 9.17) is 14.2 Å². The van der Waals surface area contributed by atoms with Gasteiger partial charge in [0, 0.05) is 24.5 Å². The van der Waals surface area contributed by atoms with Gasteiger partial charge in [-0.15, -0.1) is 0 Å². The number of hydrogen-bond donors (Lipinski definition) is 1. The molecule has 30 heavy (non-hydrogen) atoms. The number of nitrogens with one attached hydrogen (secondary N) is 1. The Morgan fingerprint density at radius 1 is 1.10 bits per heavy atom. The molecule has 1 saturated carbocycles. The number of benzene rings is 1. The first-order chi connectivity index (χ1) is 14.7. The Balaban J connectivity index is 1.38. The fourth-order valence-corrected chi connectivity index (χ4v) is 4.06. The number of morpholine rings is 1. The smallest absolute Gasteiger partial charge is 0.262 e. The largest absolute Gasteiger partial charge is 0.490 e. The minimum atomic E-state index is 0.499. The SMILES string of the molecule is COc1cnc(Nc2ccc(N3CCOCC3)cc2)nc1OCC1CCC(C)CC1. The molecule has 1 aliphatic heterocycles. The van der Waals surface area contributed by atoms with Gasteiger partial charge < -0.3 is 24.4 Å². The molecule has 162 valence electrons. The predicted molar refractivity (Wildman–Crippen MR) is 118 cm³/mol. The van der Waals surface area contributed by atoms with Crippen molar-refractivity contribution in [3.8, 4) is 11.6 Å². The topological polar surface area (TPSA) is 68.7 Å². The highest BCUT2D eigenvalue weighted by Gasteiger charge is 2.20. The third-order valence-electron chi connectivity index (χ3n) is 6.03. The summed E-state index contributed by atoms with van der Waals surface area (Å²) in [4.78, 5) is 11.3. The summed E-state index contributed by atoms with van der Waals surface area (Å²) in [6.45, 7) is 6.42. The monoisotopic (exact) mass is 412 g/mol. The van der Waals surface area contributed by atoms with Crippen LogP contribution in [-0.4, -0.2) is 50.0 Å². The molecule has 7 heteroatoms. The van der Waals surface area contributed by atoms with Crippen LogP contribution in [0.1, 0.15) is 32.6 Å². The highest BCUT2D eigenvalue weighted by Crippen LogP contribution is 2.31. The van der Waals surface area contributed by atoms with E-state index in [1.165, 1.54) is 31.4 Å². The third kappa shape index (κ3) is 5.33. The third-order valence-corrected chi connectivity index (χ3v) is 6.03. The van der Waals surface area contributed by atoms with Crippen LogP contribution in [0, 0.1) is 11.8 Å². The molecule has 0 radical (unpaired) electrons. The normalized spacial score (nSPS) is 21.9. The Morgan fingerprint density at radius 2 is 1.83 bits per heavy atom. The molecule has 0 bridgehead atoms. The first kappa shape index (κ1) is 20.7. The number of nitrogens with zero attached hydrogens (tertiary/aromatic N) is 3. The molecule has 2 heterocycles. The van der Waals surface area contributed by atoms with E-state index in [9.17, 15) is 0 Å². The van der Waals surface area contributed by atoms with Crippen molar-refractivity contribution in [2.24, 2.45) is 11.8 Å². The summed E-state index contributed by atoms with van der Waals surface area (Å²) in [6, 6.07) is 8.31. The van der Waals surface area contributed by atoms with Crippen LogP contribution in [0.5, 0.6) is 11.6 Å². The quantitative estimate of drug-likeness (QED) is 0.728. The van der Waals surface area contributed by atoms with E-state index in [0.29, 0.717) is 30.1 Å². The summed E-state index contributed by atoms with van der Waals surface area (Å²) in [7, 11) is 1.62. The van der Waals surface area contributed by atoms with Crippen LogP contribution in [0.3, 0.4) is 0 Å². The van der Waals surface area contributed by atoms with E-state index in [2.05, 4.69) is 39.2 Å². The number of methoxy groups -OCH3 is 1. The summed E-state index contributed by atoms with van der Waals surface area (Å²) >= 11 is 0. The summed E-state index contributed by atoms with van der Waals surface area (Å²) < 4.78 is 16.9. The van der Waals surface area contributed by atoms with Gasteiger partial charge in [-0.1, -0.05) is 19.8 Å². The van der Waals surface area contributed by atoms with Gasteiger partial charge in [0.2, 0.25) is 5.95 Å². The molecular weight excluding hydrogens is 380 g/mol. The first-order valence-corrected chi connectivity index (χ1v) is 10.9. The van der Waals surface area contributed by atoms with E-state index in [0.717, 1.165) is 37.9 Å². The standard InChI is InChI=1S/C23H32N4O3/c1-17-3-5-18(6-4-17)16-30-22-21(28-2)15-24-23(26-22)25-19-7-9-20(10-8-19)27-11-13-29-14-12-27/h7-10,15,17-18H,3-6,11-14,16H2,1-2H3,(H,24,25,26). The van der Waals surface area contributed by atoms with Gasteiger partial charge in [-0.3, -0.25) is 0 Å². The second-order valence-electron chi connectivity index (χ2n) is 8.28. The molecule has 1 saturated heterocycles. The van der Waals surface area contributed by atoms with Crippen LogP contribution in [0.2, 0.25) is 0 Å². The van der Waals surface area contributed by atoms with Gasteiger partial charge in [-0.05, 0) is 48.9 Å². The minimum Gasteiger partial charge on any atom is -0.490 e. The second kappa shape index (κ2) is 9.98. The van der Waals surface area contributed by atoms with Gasteiger partial charge in [0.25, 0.3) is 5.88 Å². The van der Waals surface area contributed by atoms with Gasteiger partial charge in [0.05, 0.1) is 33.1 Å². The van der Waals surface area contributed by atoms with Crippen LogP contribution in [0.4, 0.5) is 17.3 Å². The molecule has 0 unspecified atom stereocenters. The number of ether oxygens (including phenoxy) is 3. The van der Waals surface area contributed by atoms with E-state index >= 15 is 0 Å². The van der Waals surface area contributed by atoms with Gasteiger partial charge in [-0.2, -0.15) is 4.98 Å². The maximum absolute atomic E-state index is 6.04. The molecule has 1 aliphatic carbocycles. The van der Waals surface area contributed by atoms with Gasteiger partial charge >= 0.3 is 0 Å². The molecular formula is C23H32N4O3. The Labute approximate surface area is 178 Å². The first-order valence-electron chi connectivity index (χ1n) is 10.9. The highest BCUT2D eigenvalue weighted by atomic mass is 16.5. The van der Waals surface area contributed by atoms with Crippen LogP contribution >= 0.6 is 0 Å². The number of rotatable bonds is 7. The van der Waals surface area contributed by atoms with Crippen LogP contribution in [-0.2, 0) is 4.74 Å². The lowest BCUT2D eigenvalue weighted by Crippen LogP contribution is -2.36. The zero-order valence-corrected chi connectivity index (χ0v) is 18.0. The Hall–Kier alpha value is -2.54. The van der Waals surface area contributed by atoms with E-state index in [-0.39, 0.29) is 0 Å². The van der Waals surface area contributed by atoms with Crippen molar-refractivity contribution >= 4 is 17.3 Å². The summed E-state index contributed by atoms with van der Waals surface area (Å²) in [5.41, 5.74) is 2.13. The molecule has 2 fully saturated rings. The summed E-state index contributed by atoms with van der Waals surface area (Å²) in [5.74, 6) is 2.98. The van der Waals surface area contributed by atoms with Crippen LogP contribution in [0.25, 0.3) is 0 Å². The van der Waals surface area contributed by atoms with Crippen molar-refractivity contribution in [3.05, 3.63) is 30.5 Å².